The van der Waals surface area contributed by atoms with Crippen LogP contribution in [0.5, 0.6) is 0 Å². The summed E-state index contributed by atoms with van der Waals surface area (Å²) in [6.07, 6.45) is 0. The van der Waals surface area contributed by atoms with Gasteiger partial charge >= 0.3 is 0 Å². The van der Waals surface area contributed by atoms with Gasteiger partial charge in [0.2, 0.25) is 0 Å². The highest BCUT2D eigenvalue weighted by molar-refractivity contribution is 6.83. The Morgan fingerprint density at radius 3 is 2.00 bits per heavy atom. The van der Waals surface area contributed by atoms with Gasteiger partial charge in [0.05, 0.1) is 8.07 Å². The fraction of sp³-hybridized carbons (Fsp3) is 0.625. The highest BCUT2D eigenvalue weighted by Crippen LogP contribution is 2.14. The van der Waals surface area contributed by atoms with Crippen LogP contribution < -0.4 is 0 Å². The van der Waals surface area contributed by atoms with Crippen LogP contribution in [0.2, 0.25) is 18.6 Å². The lowest BCUT2D eigenvalue weighted by atomic mass is 10.9. The average molecular weight is 140 g/mol. The number of hydrogen-bond donors (Lipinski definition) is 0. The van der Waals surface area contributed by atoms with E-state index in [1.165, 1.54) is 12.1 Å². The first-order chi connectivity index (χ1) is 4.18. The molecule has 1 heteroatoms. The van der Waals surface area contributed by atoms with Crippen LogP contribution in [-0.4, -0.2) is 8.07 Å². The highest BCUT2D eigenvalue weighted by Gasteiger charge is 2.17. The molecule has 0 atom stereocenters. The van der Waals surface area contributed by atoms with Crippen molar-refractivity contribution in [1.29, 1.82) is 0 Å². The molecule has 0 amide bonds. The maximum atomic E-state index is 3.60. The number of hydrogen-bond acceptors (Lipinski definition) is 0. The van der Waals surface area contributed by atoms with Gasteiger partial charge in [-0.15, -0.1) is 5.73 Å². The van der Waals surface area contributed by atoms with E-state index < -0.39 is 8.07 Å². The first kappa shape index (κ1) is 8.74. The number of rotatable bonds is 3. The second kappa shape index (κ2) is 3.70. The predicted molar refractivity (Wildman–Crippen MR) is 46.3 cm³/mol. The van der Waals surface area contributed by atoms with E-state index in [9.17, 15) is 0 Å². The molecule has 0 aliphatic heterocycles. The van der Waals surface area contributed by atoms with E-state index in [-0.39, 0.29) is 0 Å². The molecule has 0 aromatic rings. The Labute approximate surface area is 59.3 Å². The zero-order valence-corrected chi connectivity index (χ0v) is 7.70. The Morgan fingerprint density at radius 2 is 1.89 bits per heavy atom. The summed E-state index contributed by atoms with van der Waals surface area (Å²) in [4.78, 5) is 0. The molecule has 0 fully saturated rings. The minimum atomic E-state index is -0.996. The SMILES string of the molecule is C=C=C[Si](C)(CC)CC. The highest BCUT2D eigenvalue weighted by atomic mass is 28.3. The molecule has 52 valence electrons. The molecule has 0 heterocycles. The minimum absolute atomic E-state index is 0.996. The van der Waals surface area contributed by atoms with E-state index in [2.05, 4.69) is 38.4 Å². The van der Waals surface area contributed by atoms with Crippen LogP contribution in [-0.2, 0) is 0 Å². The summed E-state index contributed by atoms with van der Waals surface area (Å²) in [5.74, 6) is 0. The molecule has 0 aliphatic carbocycles. The van der Waals surface area contributed by atoms with E-state index in [0.29, 0.717) is 0 Å². The van der Waals surface area contributed by atoms with Gasteiger partial charge in [0, 0.05) is 0 Å². The van der Waals surface area contributed by atoms with Crippen molar-refractivity contribution in [3.63, 3.8) is 0 Å². The van der Waals surface area contributed by atoms with Gasteiger partial charge in [-0.3, -0.25) is 0 Å². The van der Waals surface area contributed by atoms with Crippen LogP contribution in [0.25, 0.3) is 0 Å². The Bertz CT molecular complexity index is 117. The van der Waals surface area contributed by atoms with Crippen molar-refractivity contribution >= 4 is 8.07 Å². The Morgan fingerprint density at radius 1 is 1.44 bits per heavy atom. The van der Waals surface area contributed by atoms with E-state index in [4.69, 9.17) is 0 Å². The van der Waals surface area contributed by atoms with Crippen molar-refractivity contribution in [3.8, 4) is 0 Å². The first-order valence-corrected chi connectivity index (χ1v) is 6.54. The normalized spacial score (nSPS) is 10.6. The first-order valence-electron chi connectivity index (χ1n) is 3.55. The molecule has 0 aliphatic rings. The second-order valence-corrected chi connectivity index (χ2v) is 7.72. The lowest BCUT2D eigenvalue weighted by Crippen LogP contribution is -2.23. The third-order valence-corrected chi connectivity index (χ3v) is 6.20. The molecule has 0 N–H and O–H groups in total. The standard InChI is InChI=1S/C8H16Si/c1-5-8-9(4,6-2)7-3/h8H,1,6-7H2,2-4H3. The fourth-order valence-electron chi connectivity index (χ4n) is 0.701. The largest absolute Gasteiger partial charge is 0.137 e. The van der Waals surface area contributed by atoms with Crippen molar-refractivity contribution in [2.24, 2.45) is 0 Å². The summed E-state index contributed by atoms with van der Waals surface area (Å²) in [7, 11) is -0.996. The second-order valence-electron chi connectivity index (χ2n) is 2.71. The zero-order chi connectivity index (χ0) is 7.33. The molecule has 9 heavy (non-hydrogen) atoms. The summed E-state index contributed by atoms with van der Waals surface area (Å²) in [6, 6.07) is 2.62. The van der Waals surface area contributed by atoms with Crippen LogP contribution in [0.4, 0.5) is 0 Å². The summed E-state index contributed by atoms with van der Waals surface area (Å²) in [5, 5.41) is 0. The van der Waals surface area contributed by atoms with E-state index >= 15 is 0 Å². The van der Waals surface area contributed by atoms with Crippen molar-refractivity contribution in [1.82, 2.24) is 0 Å². The molecule has 0 bridgehead atoms. The monoisotopic (exact) mass is 140 g/mol. The van der Waals surface area contributed by atoms with Gasteiger partial charge in [-0.05, 0) is 0 Å². The van der Waals surface area contributed by atoms with Crippen molar-refractivity contribution < 1.29 is 0 Å². The van der Waals surface area contributed by atoms with Gasteiger partial charge in [0.25, 0.3) is 0 Å². The van der Waals surface area contributed by atoms with Crippen LogP contribution in [0, 0.1) is 0 Å². The Kier molecular flexibility index (Phi) is 3.60. The summed E-state index contributed by atoms with van der Waals surface area (Å²) in [5.41, 5.74) is 5.10. The minimum Gasteiger partial charge on any atom is -0.137 e. The molecule has 0 radical (unpaired) electrons. The molecule has 0 aromatic heterocycles. The van der Waals surface area contributed by atoms with E-state index in [1.807, 2.05) is 0 Å². The van der Waals surface area contributed by atoms with Gasteiger partial charge in [-0.2, -0.15) is 0 Å². The van der Waals surface area contributed by atoms with Crippen molar-refractivity contribution in [2.45, 2.75) is 32.5 Å². The van der Waals surface area contributed by atoms with Crippen LogP contribution in [0.15, 0.2) is 18.0 Å². The molecule has 0 aromatic carbocycles. The molecule has 0 unspecified atom stereocenters. The van der Waals surface area contributed by atoms with E-state index in [1.54, 1.807) is 0 Å². The zero-order valence-electron chi connectivity index (χ0n) is 6.70. The van der Waals surface area contributed by atoms with Crippen LogP contribution in [0.1, 0.15) is 13.8 Å². The van der Waals surface area contributed by atoms with Gasteiger partial charge in [0.1, 0.15) is 0 Å². The molecule has 0 saturated carbocycles. The van der Waals surface area contributed by atoms with Gasteiger partial charge in [-0.25, -0.2) is 0 Å². The fourth-order valence-corrected chi connectivity index (χ4v) is 2.10. The van der Waals surface area contributed by atoms with Crippen LogP contribution in [0.3, 0.4) is 0 Å². The van der Waals surface area contributed by atoms with E-state index in [0.717, 1.165) is 0 Å². The quantitative estimate of drug-likeness (QED) is 0.417. The molecule has 0 rings (SSSR count). The van der Waals surface area contributed by atoms with Crippen molar-refractivity contribution in [3.05, 3.63) is 18.0 Å². The van der Waals surface area contributed by atoms with Gasteiger partial charge < -0.3 is 0 Å². The molecule has 0 spiro atoms. The molecular weight excluding hydrogens is 124 g/mol. The topological polar surface area (TPSA) is 0 Å². The molecule has 0 nitrogen and oxygen atoms in total. The van der Waals surface area contributed by atoms with Crippen molar-refractivity contribution in [2.75, 3.05) is 0 Å². The predicted octanol–water partition coefficient (Wildman–Crippen LogP) is 2.99. The van der Waals surface area contributed by atoms with Gasteiger partial charge in [0.15, 0.2) is 0 Å². The smallest absolute Gasteiger partial charge is 0.0837 e. The maximum absolute atomic E-state index is 3.60. The lowest BCUT2D eigenvalue weighted by molar-refractivity contribution is 1.27. The average Bonchev–Trinajstić information content (AvgIpc) is 1.89. The summed E-state index contributed by atoms with van der Waals surface area (Å²) in [6.45, 7) is 10.5. The Hall–Kier alpha value is -0.263. The Balaban J connectivity index is 4.08. The van der Waals surface area contributed by atoms with Gasteiger partial charge in [-0.1, -0.05) is 44.8 Å². The maximum Gasteiger partial charge on any atom is 0.0837 e. The third kappa shape index (κ3) is 2.69. The summed E-state index contributed by atoms with van der Waals surface area (Å²) >= 11 is 0. The van der Waals surface area contributed by atoms with Crippen LogP contribution >= 0.6 is 0 Å². The third-order valence-electron chi connectivity index (χ3n) is 2.07. The molecular formula is C8H16Si. The summed E-state index contributed by atoms with van der Waals surface area (Å²) < 4.78 is 0. The molecule has 0 saturated heterocycles. The lowest BCUT2D eigenvalue weighted by Gasteiger charge is -2.16.